The zero-order valence-electron chi connectivity index (χ0n) is 9.14. The molecule has 2 heterocycles. The second-order valence-corrected chi connectivity index (χ2v) is 6.31. The Morgan fingerprint density at radius 1 is 1.56 bits per heavy atom. The van der Waals surface area contributed by atoms with Crippen LogP contribution in [0.5, 0.6) is 0 Å². The molecule has 1 aromatic rings. The topological polar surface area (TPSA) is 85.1 Å². The maximum Gasteiger partial charge on any atom is 0.228 e. The zero-order valence-corrected chi connectivity index (χ0v) is 9.96. The highest BCUT2D eigenvalue weighted by Crippen LogP contribution is 2.11. The summed E-state index contributed by atoms with van der Waals surface area (Å²) in [5.74, 6) is 0.600. The van der Waals surface area contributed by atoms with Crippen LogP contribution in [0.4, 0.5) is 0 Å². The summed E-state index contributed by atoms with van der Waals surface area (Å²) >= 11 is 0. The molecule has 1 N–H and O–H groups in total. The van der Waals surface area contributed by atoms with Crippen LogP contribution in [0, 0.1) is 0 Å². The van der Waals surface area contributed by atoms with E-state index in [1.165, 1.54) is 0 Å². The van der Waals surface area contributed by atoms with E-state index in [9.17, 15) is 8.42 Å². The third-order valence-corrected chi connectivity index (χ3v) is 3.27. The molecule has 90 valence electrons. The van der Waals surface area contributed by atoms with Crippen LogP contribution < -0.4 is 5.32 Å². The van der Waals surface area contributed by atoms with Gasteiger partial charge in [-0.05, 0) is 19.4 Å². The Balaban J connectivity index is 1.96. The van der Waals surface area contributed by atoms with Gasteiger partial charge in [-0.25, -0.2) is 8.42 Å². The minimum Gasteiger partial charge on any atom is -0.339 e. The van der Waals surface area contributed by atoms with E-state index in [1.807, 2.05) is 0 Å². The second kappa shape index (κ2) is 4.50. The van der Waals surface area contributed by atoms with Crippen molar-refractivity contribution in [1.82, 2.24) is 15.5 Å². The Bertz CT molecular complexity index is 448. The van der Waals surface area contributed by atoms with Crippen LogP contribution >= 0.6 is 0 Å². The number of rotatable bonds is 4. The fourth-order valence-corrected chi connectivity index (χ4v) is 2.39. The molecule has 0 amide bonds. The van der Waals surface area contributed by atoms with Crippen molar-refractivity contribution in [1.29, 1.82) is 0 Å². The van der Waals surface area contributed by atoms with Gasteiger partial charge >= 0.3 is 0 Å². The average molecular weight is 245 g/mol. The van der Waals surface area contributed by atoms with Crippen molar-refractivity contribution in [3.05, 3.63) is 11.7 Å². The molecule has 1 unspecified atom stereocenters. The third-order valence-electron chi connectivity index (χ3n) is 2.48. The van der Waals surface area contributed by atoms with Crippen LogP contribution in [-0.2, 0) is 22.0 Å². The highest BCUT2D eigenvalue weighted by molar-refractivity contribution is 7.89. The van der Waals surface area contributed by atoms with E-state index in [1.54, 1.807) is 0 Å². The van der Waals surface area contributed by atoms with Crippen molar-refractivity contribution in [2.24, 2.45) is 0 Å². The predicted molar refractivity (Wildman–Crippen MR) is 57.6 cm³/mol. The normalized spacial score (nSPS) is 21.4. The quantitative estimate of drug-likeness (QED) is 0.798. The van der Waals surface area contributed by atoms with E-state index >= 15 is 0 Å². The lowest BCUT2D eigenvalue weighted by Gasteiger charge is -2.04. The molecular formula is C9H15N3O3S. The van der Waals surface area contributed by atoms with Crippen molar-refractivity contribution in [2.45, 2.75) is 31.1 Å². The molecule has 7 heteroatoms. The van der Waals surface area contributed by atoms with E-state index in [0.717, 1.165) is 25.6 Å². The molecule has 0 aliphatic carbocycles. The van der Waals surface area contributed by atoms with Crippen LogP contribution in [-0.4, -0.2) is 37.4 Å². The van der Waals surface area contributed by atoms with Gasteiger partial charge in [-0.15, -0.1) is 0 Å². The Morgan fingerprint density at radius 2 is 2.38 bits per heavy atom. The Hall–Kier alpha value is -0.950. The Kier molecular flexibility index (Phi) is 3.25. The number of hydrogen-bond donors (Lipinski definition) is 1. The SMILES string of the molecule is CS(=O)(=O)Cc1noc(CC2CCCN2)n1. The van der Waals surface area contributed by atoms with Crippen LogP contribution in [0.2, 0.25) is 0 Å². The fourth-order valence-electron chi connectivity index (χ4n) is 1.81. The molecule has 1 fully saturated rings. The van der Waals surface area contributed by atoms with Crippen LogP contribution in [0.1, 0.15) is 24.6 Å². The van der Waals surface area contributed by atoms with Crippen LogP contribution in [0.15, 0.2) is 4.52 Å². The van der Waals surface area contributed by atoms with Crippen LogP contribution in [0.25, 0.3) is 0 Å². The minimum absolute atomic E-state index is 0.158. The molecule has 0 bridgehead atoms. The molecule has 1 aliphatic rings. The summed E-state index contributed by atoms with van der Waals surface area (Å²) in [6.07, 6.45) is 4.09. The Morgan fingerprint density at radius 3 is 3.00 bits per heavy atom. The fraction of sp³-hybridized carbons (Fsp3) is 0.778. The lowest BCUT2D eigenvalue weighted by atomic mass is 10.2. The molecule has 2 rings (SSSR count). The standard InChI is InChI=1S/C9H15N3O3S/c1-16(13,14)6-8-11-9(15-12-8)5-7-3-2-4-10-7/h7,10H,2-6H2,1H3. The molecule has 0 radical (unpaired) electrons. The molecule has 0 saturated carbocycles. The van der Waals surface area contributed by atoms with Gasteiger partial charge in [0.25, 0.3) is 0 Å². The van der Waals surface area contributed by atoms with Gasteiger partial charge in [0, 0.05) is 18.7 Å². The summed E-state index contributed by atoms with van der Waals surface area (Å²) in [5.41, 5.74) is 0. The third kappa shape index (κ3) is 3.28. The molecular weight excluding hydrogens is 230 g/mol. The van der Waals surface area contributed by atoms with Crippen molar-refractivity contribution < 1.29 is 12.9 Å². The summed E-state index contributed by atoms with van der Waals surface area (Å²) in [6.45, 7) is 1.02. The summed E-state index contributed by atoms with van der Waals surface area (Å²) in [6, 6.07) is 0.381. The molecule has 0 aromatic carbocycles. The van der Waals surface area contributed by atoms with Gasteiger partial charge in [0.2, 0.25) is 5.89 Å². The highest BCUT2D eigenvalue weighted by atomic mass is 32.2. The van der Waals surface area contributed by atoms with E-state index in [0.29, 0.717) is 18.4 Å². The summed E-state index contributed by atoms with van der Waals surface area (Å²) in [4.78, 5) is 4.06. The molecule has 0 spiro atoms. The van der Waals surface area contributed by atoms with Crippen molar-refractivity contribution in [3.8, 4) is 0 Å². The van der Waals surface area contributed by atoms with Gasteiger partial charge in [-0.3, -0.25) is 0 Å². The largest absolute Gasteiger partial charge is 0.339 e. The van der Waals surface area contributed by atoms with Crippen molar-refractivity contribution >= 4 is 9.84 Å². The first-order valence-corrected chi connectivity index (χ1v) is 7.31. The predicted octanol–water partition coefficient (Wildman–Crippen LogP) is -0.0913. The molecule has 6 nitrogen and oxygen atoms in total. The lowest BCUT2D eigenvalue weighted by molar-refractivity contribution is 0.360. The van der Waals surface area contributed by atoms with Gasteiger partial charge in [0.05, 0.1) is 0 Å². The maximum atomic E-state index is 11.0. The number of nitrogens with zero attached hydrogens (tertiary/aromatic N) is 2. The van der Waals surface area contributed by atoms with Crippen LogP contribution in [0.3, 0.4) is 0 Å². The van der Waals surface area contributed by atoms with E-state index in [-0.39, 0.29) is 11.6 Å². The smallest absolute Gasteiger partial charge is 0.228 e. The maximum absolute atomic E-state index is 11.0. The zero-order chi connectivity index (χ0) is 11.6. The van der Waals surface area contributed by atoms with Gasteiger partial charge in [-0.2, -0.15) is 4.98 Å². The first kappa shape index (κ1) is 11.5. The molecule has 1 saturated heterocycles. The van der Waals surface area contributed by atoms with Gasteiger partial charge in [-0.1, -0.05) is 5.16 Å². The Labute approximate surface area is 94.3 Å². The number of aromatic nitrogens is 2. The molecule has 1 aromatic heterocycles. The van der Waals surface area contributed by atoms with Gasteiger partial charge < -0.3 is 9.84 Å². The first-order valence-electron chi connectivity index (χ1n) is 5.25. The number of sulfone groups is 1. The molecule has 16 heavy (non-hydrogen) atoms. The molecule has 1 atom stereocenters. The summed E-state index contributed by atoms with van der Waals surface area (Å²) in [5, 5.41) is 6.97. The van der Waals surface area contributed by atoms with E-state index in [2.05, 4.69) is 15.5 Å². The monoisotopic (exact) mass is 245 g/mol. The summed E-state index contributed by atoms with van der Waals surface area (Å²) in [7, 11) is -3.09. The van der Waals surface area contributed by atoms with Crippen molar-refractivity contribution in [2.75, 3.05) is 12.8 Å². The first-order chi connectivity index (χ1) is 7.53. The van der Waals surface area contributed by atoms with Gasteiger partial charge in [0.15, 0.2) is 15.7 Å². The summed E-state index contributed by atoms with van der Waals surface area (Å²) < 4.78 is 27.0. The minimum atomic E-state index is -3.09. The molecule has 1 aliphatic heterocycles. The van der Waals surface area contributed by atoms with E-state index in [4.69, 9.17) is 4.52 Å². The van der Waals surface area contributed by atoms with Gasteiger partial charge in [0.1, 0.15) is 5.75 Å². The van der Waals surface area contributed by atoms with E-state index < -0.39 is 9.84 Å². The van der Waals surface area contributed by atoms with Crippen molar-refractivity contribution in [3.63, 3.8) is 0 Å². The number of nitrogens with one attached hydrogen (secondary N) is 1. The second-order valence-electron chi connectivity index (χ2n) is 4.17. The number of hydrogen-bond acceptors (Lipinski definition) is 6. The highest BCUT2D eigenvalue weighted by Gasteiger charge is 2.19. The lowest BCUT2D eigenvalue weighted by Crippen LogP contribution is -2.23. The average Bonchev–Trinajstić information content (AvgIpc) is 2.75.